The van der Waals surface area contributed by atoms with Crippen LogP contribution in [0.2, 0.25) is 0 Å². The largest absolute Gasteiger partial charge is 0.327 e. The van der Waals surface area contributed by atoms with E-state index in [9.17, 15) is 0 Å². The summed E-state index contributed by atoms with van der Waals surface area (Å²) in [6.45, 7) is 3.25. The average Bonchev–Trinajstić information content (AvgIpc) is 2.44. The fourth-order valence-electron chi connectivity index (χ4n) is 0.507. The van der Waals surface area contributed by atoms with Gasteiger partial charge in [-0.2, -0.15) is 0 Å². The lowest BCUT2D eigenvalue weighted by Gasteiger charge is -2.21. The van der Waals surface area contributed by atoms with Crippen molar-refractivity contribution in [3.05, 3.63) is 0 Å². The Kier molecular flexibility index (Phi) is 1.24. The van der Waals surface area contributed by atoms with Gasteiger partial charge in [0.25, 0.3) is 0 Å². The maximum Gasteiger partial charge on any atom is 0.0931 e. The first-order valence-electron chi connectivity index (χ1n) is 2.67. The number of nitrogens with two attached hydrogens (primary N) is 2. The molecule has 5 N–H and O–H groups in total. The summed E-state index contributed by atoms with van der Waals surface area (Å²) in [6, 6.07) is 0. The zero-order chi connectivity index (χ0) is 6.20. The maximum atomic E-state index is 5.66. The first kappa shape index (κ1) is 5.97. The molecule has 2 atom stereocenters. The van der Waals surface area contributed by atoms with E-state index in [0.717, 1.165) is 6.67 Å². The van der Waals surface area contributed by atoms with Gasteiger partial charge in [-0.1, -0.05) is 0 Å². The lowest BCUT2D eigenvalue weighted by molar-refractivity contribution is 0.249. The van der Waals surface area contributed by atoms with Crippen molar-refractivity contribution in [1.29, 1.82) is 0 Å². The second kappa shape index (κ2) is 1.66. The summed E-state index contributed by atoms with van der Waals surface area (Å²) in [7, 11) is 0. The highest BCUT2D eigenvalue weighted by atomic mass is 15.8. The van der Waals surface area contributed by atoms with Gasteiger partial charge < -0.3 is 11.5 Å². The minimum absolute atomic E-state index is 0.347. The first-order chi connectivity index (χ1) is 3.67. The fraction of sp³-hybridized carbons (Fsp3) is 1.00. The molecule has 0 aromatic carbocycles. The highest BCUT2D eigenvalue weighted by Crippen LogP contribution is 2.08. The van der Waals surface area contributed by atoms with Crippen LogP contribution in [-0.4, -0.2) is 23.9 Å². The fourth-order valence-corrected chi connectivity index (χ4v) is 0.507. The Balaban J connectivity index is 2.37. The molecular weight excluding hydrogens is 104 g/mol. The molecule has 2 unspecified atom stereocenters. The number of hydrazine groups is 1. The molecule has 1 rings (SSSR count). The van der Waals surface area contributed by atoms with Crippen molar-refractivity contribution in [3.8, 4) is 0 Å². The number of rotatable bonds is 2. The Morgan fingerprint density at radius 1 is 1.88 bits per heavy atom. The SMILES string of the molecule is CC(N)(CN)N1CN1. The third kappa shape index (κ3) is 0.976. The third-order valence-corrected chi connectivity index (χ3v) is 1.35. The Hall–Kier alpha value is -0.160. The van der Waals surface area contributed by atoms with E-state index in [1.807, 2.05) is 11.9 Å². The summed E-state index contributed by atoms with van der Waals surface area (Å²) in [5, 5.41) is 1.90. The third-order valence-electron chi connectivity index (χ3n) is 1.35. The summed E-state index contributed by atoms with van der Waals surface area (Å²) in [5.74, 6) is 0. The summed E-state index contributed by atoms with van der Waals surface area (Å²) in [6.07, 6.45) is 0. The van der Waals surface area contributed by atoms with E-state index in [-0.39, 0.29) is 5.66 Å². The molecule has 1 heterocycles. The van der Waals surface area contributed by atoms with Gasteiger partial charge in [-0.15, -0.1) is 0 Å². The quantitative estimate of drug-likeness (QED) is 0.380. The van der Waals surface area contributed by atoms with Gasteiger partial charge in [-0.25, -0.2) is 10.4 Å². The van der Waals surface area contributed by atoms with Crippen molar-refractivity contribution in [2.45, 2.75) is 12.6 Å². The Labute approximate surface area is 48.8 Å². The van der Waals surface area contributed by atoms with Crippen LogP contribution in [0.5, 0.6) is 0 Å². The zero-order valence-electron chi connectivity index (χ0n) is 5.02. The van der Waals surface area contributed by atoms with Gasteiger partial charge in [0.2, 0.25) is 0 Å². The number of nitrogens with zero attached hydrogens (tertiary/aromatic N) is 1. The summed E-state index contributed by atoms with van der Waals surface area (Å²) < 4.78 is 0. The van der Waals surface area contributed by atoms with E-state index in [2.05, 4.69) is 5.43 Å². The molecule has 1 aliphatic rings. The van der Waals surface area contributed by atoms with Gasteiger partial charge in [0.05, 0.1) is 12.3 Å². The predicted molar refractivity (Wildman–Crippen MR) is 31.5 cm³/mol. The molecule has 0 aromatic rings. The first-order valence-corrected chi connectivity index (χ1v) is 2.67. The molecule has 1 fully saturated rings. The van der Waals surface area contributed by atoms with Crippen LogP contribution in [0.4, 0.5) is 0 Å². The molecule has 0 radical (unpaired) electrons. The van der Waals surface area contributed by atoms with Gasteiger partial charge in [-0.3, -0.25) is 0 Å². The topological polar surface area (TPSA) is 77.0 Å². The summed E-state index contributed by atoms with van der Waals surface area (Å²) >= 11 is 0. The molecule has 0 saturated carbocycles. The van der Waals surface area contributed by atoms with Crippen molar-refractivity contribution in [1.82, 2.24) is 10.4 Å². The van der Waals surface area contributed by atoms with Crippen LogP contribution < -0.4 is 16.9 Å². The van der Waals surface area contributed by atoms with Gasteiger partial charge in [0.15, 0.2) is 0 Å². The number of hydrogen-bond donors (Lipinski definition) is 3. The van der Waals surface area contributed by atoms with E-state index in [0.29, 0.717) is 6.54 Å². The van der Waals surface area contributed by atoms with E-state index in [1.165, 1.54) is 0 Å². The lowest BCUT2D eigenvalue weighted by atomic mass is 10.2. The van der Waals surface area contributed by atoms with E-state index >= 15 is 0 Å². The molecule has 1 saturated heterocycles. The van der Waals surface area contributed by atoms with Crippen molar-refractivity contribution in [2.24, 2.45) is 11.5 Å². The molecule has 4 nitrogen and oxygen atoms in total. The molecule has 1 aliphatic heterocycles. The van der Waals surface area contributed by atoms with Crippen LogP contribution in [0.25, 0.3) is 0 Å². The summed E-state index contributed by atoms with van der Waals surface area (Å²) in [5.41, 5.74) is 13.6. The summed E-state index contributed by atoms with van der Waals surface area (Å²) in [4.78, 5) is 0. The normalized spacial score (nSPS) is 34.1. The van der Waals surface area contributed by atoms with Gasteiger partial charge in [-0.05, 0) is 6.92 Å². The van der Waals surface area contributed by atoms with E-state index < -0.39 is 0 Å². The molecule has 0 amide bonds. The van der Waals surface area contributed by atoms with Crippen LogP contribution >= 0.6 is 0 Å². The van der Waals surface area contributed by atoms with E-state index in [4.69, 9.17) is 11.5 Å². The number of nitrogens with one attached hydrogen (secondary N) is 1. The Morgan fingerprint density at radius 2 is 2.38 bits per heavy atom. The van der Waals surface area contributed by atoms with Crippen LogP contribution in [0, 0.1) is 0 Å². The van der Waals surface area contributed by atoms with Gasteiger partial charge in [0, 0.05) is 6.54 Å². The van der Waals surface area contributed by atoms with Crippen LogP contribution in [0.3, 0.4) is 0 Å². The minimum Gasteiger partial charge on any atom is -0.327 e. The molecule has 4 heteroatoms. The smallest absolute Gasteiger partial charge is 0.0931 e. The van der Waals surface area contributed by atoms with Crippen molar-refractivity contribution >= 4 is 0 Å². The van der Waals surface area contributed by atoms with Crippen molar-refractivity contribution < 1.29 is 0 Å². The van der Waals surface area contributed by atoms with Crippen molar-refractivity contribution in [3.63, 3.8) is 0 Å². The number of hydrogen-bond acceptors (Lipinski definition) is 4. The molecule has 0 bridgehead atoms. The zero-order valence-corrected chi connectivity index (χ0v) is 5.02. The molecule has 48 valence electrons. The highest BCUT2D eigenvalue weighted by Gasteiger charge is 2.33. The molecule has 0 spiro atoms. The Morgan fingerprint density at radius 3 is 2.50 bits per heavy atom. The highest BCUT2D eigenvalue weighted by molar-refractivity contribution is 4.83. The Bertz CT molecular complexity index is 86.0. The predicted octanol–water partition coefficient (Wildman–Crippen LogP) is -1.60. The minimum atomic E-state index is -0.347. The monoisotopic (exact) mass is 116 g/mol. The lowest BCUT2D eigenvalue weighted by Crippen LogP contribution is -2.51. The van der Waals surface area contributed by atoms with Crippen molar-refractivity contribution in [2.75, 3.05) is 13.2 Å². The second-order valence-corrected chi connectivity index (χ2v) is 2.31. The van der Waals surface area contributed by atoms with Gasteiger partial charge >= 0.3 is 0 Å². The molecule has 0 aromatic heterocycles. The average molecular weight is 116 g/mol. The van der Waals surface area contributed by atoms with E-state index in [1.54, 1.807) is 0 Å². The van der Waals surface area contributed by atoms with Crippen LogP contribution in [0.1, 0.15) is 6.92 Å². The van der Waals surface area contributed by atoms with Crippen LogP contribution in [-0.2, 0) is 0 Å². The molecule has 8 heavy (non-hydrogen) atoms. The van der Waals surface area contributed by atoms with Crippen LogP contribution in [0.15, 0.2) is 0 Å². The maximum absolute atomic E-state index is 5.66. The molecular formula is C4H12N4. The standard InChI is InChI=1S/C4H12N4/c1-4(6,2-5)8-3-7-8/h7H,2-3,5-6H2,1H3. The van der Waals surface area contributed by atoms with Gasteiger partial charge in [0.1, 0.15) is 0 Å². The molecule has 0 aliphatic carbocycles. The second-order valence-electron chi connectivity index (χ2n) is 2.31.